The Bertz CT molecular complexity index is 1010. The highest BCUT2D eigenvalue weighted by atomic mass is 35.5. The molecule has 2 aromatic carbocycles. The van der Waals surface area contributed by atoms with Crippen molar-refractivity contribution in [3.8, 4) is 11.8 Å². The molecule has 136 valence electrons. The second kappa shape index (κ2) is 8.58. The number of nitrogens with zero attached hydrogens (tertiary/aromatic N) is 3. The minimum Gasteiger partial charge on any atom is -0.482 e. The van der Waals surface area contributed by atoms with Crippen LogP contribution in [0.1, 0.15) is 11.1 Å². The van der Waals surface area contributed by atoms with E-state index in [1.54, 1.807) is 59.4 Å². The average molecular weight is 401 g/mol. The molecule has 0 unspecified atom stereocenters. The van der Waals surface area contributed by atoms with Crippen LogP contribution in [0.25, 0.3) is 0 Å². The molecule has 8 heteroatoms. The van der Waals surface area contributed by atoms with Crippen LogP contribution in [0.4, 0.5) is 5.82 Å². The van der Waals surface area contributed by atoms with E-state index in [1.807, 2.05) is 6.07 Å². The van der Waals surface area contributed by atoms with Crippen molar-refractivity contribution >= 4 is 34.9 Å². The van der Waals surface area contributed by atoms with Crippen LogP contribution in [0, 0.1) is 11.3 Å². The summed E-state index contributed by atoms with van der Waals surface area (Å²) in [6.07, 6.45) is 1.57. The minimum atomic E-state index is -0.369. The van der Waals surface area contributed by atoms with Gasteiger partial charge in [-0.25, -0.2) is 4.68 Å². The molecule has 3 rings (SSSR count). The van der Waals surface area contributed by atoms with Crippen LogP contribution in [-0.4, -0.2) is 22.3 Å². The average Bonchev–Trinajstić information content (AvgIpc) is 3.09. The number of nitriles is 1. The highest BCUT2D eigenvalue weighted by molar-refractivity contribution is 6.35. The number of rotatable bonds is 6. The smallest absolute Gasteiger partial charge is 0.263 e. The van der Waals surface area contributed by atoms with Crippen LogP contribution in [-0.2, 0) is 11.3 Å². The molecule has 27 heavy (non-hydrogen) atoms. The molecule has 1 aromatic heterocycles. The standard InChI is InChI=1S/C19H14Cl2N4O2/c20-15-6-5-14(16(21)9-15)11-25-18(7-8-23-25)24-19(26)12-27-17-4-2-1-3-13(17)10-22/h1-9H,11-12H2,(H,24,26). The van der Waals surface area contributed by atoms with Crippen LogP contribution in [0.15, 0.2) is 54.7 Å². The molecule has 0 bridgehead atoms. The molecule has 0 fully saturated rings. The van der Waals surface area contributed by atoms with Gasteiger partial charge in [-0.05, 0) is 29.8 Å². The van der Waals surface area contributed by atoms with Crippen molar-refractivity contribution in [2.75, 3.05) is 11.9 Å². The van der Waals surface area contributed by atoms with E-state index in [0.29, 0.717) is 33.7 Å². The number of amides is 1. The number of benzene rings is 2. The molecular formula is C19H14Cl2N4O2. The summed E-state index contributed by atoms with van der Waals surface area (Å²) in [6.45, 7) is 0.141. The number of ether oxygens (including phenoxy) is 1. The number of anilines is 1. The first-order chi connectivity index (χ1) is 13.1. The van der Waals surface area contributed by atoms with Crippen molar-refractivity contribution in [2.24, 2.45) is 0 Å². The second-order valence-corrected chi connectivity index (χ2v) is 6.40. The zero-order chi connectivity index (χ0) is 19.2. The van der Waals surface area contributed by atoms with Crippen molar-refractivity contribution in [1.82, 2.24) is 9.78 Å². The molecular weight excluding hydrogens is 387 g/mol. The number of carbonyl (C=O) groups is 1. The Kier molecular flexibility index (Phi) is 5.97. The summed E-state index contributed by atoms with van der Waals surface area (Å²) in [6, 6.07) is 15.6. The highest BCUT2D eigenvalue weighted by Gasteiger charge is 2.11. The molecule has 0 aliphatic rings. The van der Waals surface area contributed by atoms with Gasteiger partial charge in [0.25, 0.3) is 5.91 Å². The third kappa shape index (κ3) is 4.79. The number of halogens is 2. The van der Waals surface area contributed by atoms with Crippen LogP contribution < -0.4 is 10.1 Å². The lowest BCUT2D eigenvalue weighted by molar-refractivity contribution is -0.118. The maximum atomic E-state index is 12.2. The van der Waals surface area contributed by atoms with Gasteiger partial charge in [0.2, 0.25) is 0 Å². The van der Waals surface area contributed by atoms with Gasteiger partial charge in [0, 0.05) is 16.1 Å². The highest BCUT2D eigenvalue weighted by Crippen LogP contribution is 2.23. The molecule has 1 N–H and O–H groups in total. The first-order valence-electron chi connectivity index (χ1n) is 7.94. The molecule has 1 heterocycles. The summed E-state index contributed by atoms with van der Waals surface area (Å²) < 4.78 is 7.04. The normalized spacial score (nSPS) is 10.3. The molecule has 1 amide bonds. The summed E-state index contributed by atoms with van der Waals surface area (Å²) in [5.74, 6) is 0.492. The monoisotopic (exact) mass is 400 g/mol. The van der Waals surface area contributed by atoms with Gasteiger partial charge in [-0.3, -0.25) is 4.79 Å². The largest absolute Gasteiger partial charge is 0.482 e. The fourth-order valence-corrected chi connectivity index (χ4v) is 2.85. The summed E-state index contributed by atoms with van der Waals surface area (Å²) in [4.78, 5) is 12.2. The van der Waals surface area contributed by atoms with Crippen molar-refractivity contribution in [2.45, 2.75) is 6.54 Å². The van der Waals surface area contributed by atoms with Gasteiger partial charge in [0.15, 0.2) is 6.61 Å². The minimum absolute atomic E-state index is 0.231. The predicted octanol–water partition coefficient (Wildman–Crippen LogP) is 4.13. The fourth-order valence-electron chi connectivity index (χ4n) is 2.38. The Morgan fingerprint density at radius 3 is 2.81 bits per heavy atom. The van der Waals surface area contributed by atoms with Gasteiger partial charge in [0.1, 0.15) is 17.6 Å². The Morgan fingerprint density at radius 2 is 2.04 bits per heavy atom. The second-order valence-electron chi connectivity index (χ2n) is 5.55. The van der Waals surface area contributed by atoms with Crippen molar-refractivity contribution < 1.29 is 9.53 Å². The Morgan fingerprint density at radius 1 is 1.22 bits per heavy atom. The maximum Gasteiger partial charge on any atom is 0.263 e. The van der Waals surface area contributed by atoms with Gasteiger partial charge in [-0.15, -0.1) is 0 Å². The molecule has 0 atom stereocenters. The molecule has 0 radical (unpaired) electrons. The summed E-state index contributed by atoms with van der Waals surface area (Å²) in [5.41, 5.74) is 1.19. The Labute approximate surface area is 165 Å². The Balaban J connectivity index is 1.64. The zero-order valence-electron chi connectivity index (χ0n) is 14.0. The topological polar surface area (TPSA) is 79.9 Å². The first-order valence-corrected chi connectivity index (χ1v) is 8.70. The van der Waals surface area contributed by atoms with Gasteiger partial charge in [-0.1, -0.05) is 41.4 Å². The molecule has 0 spiro atoms. The van der Waals surface area contributed by atoms with Crippen molar-refractivity contribution in [3.63, 3.8) is 0 Å². The van der Waals surface area contributed by atoms with Crippen LogP contribution in [0.5, 0.6) is 5.75 Å². The molecule has 3 aromatic rings. The van der Waals surface area contributed by atoms with Crippen LogP contribution in [0.3, 0.4) is 0 Å². The number of aromatic nitrogens is 2. The fraction of sp³-hybridized carbons (Fsp3) is 0.105. The molecule has 6 nitrogen and oxygen atoms in total. The number of carbonyl (C=O) groups excluding carboxylic acids is 1. The molecule has 0 aliphatic heterocycles. The van der Waals surface area contributed by atoms with E-state index in [-0.39, 0.29) is 12.5 Å². The van der Waals surface area contributed by atoms with Crippen molar-refractivity contribution in [3.05, 3.63) is 75.9 Å². The number of hydrogen-bond donors (Lipinski definition) is 1. The van der Waals surface area contributed by atoms with E-state index in [9.17, 15) is 4.79 Å². The maximum absolute atomic E-state index is 12.2. The van der Waals surface area contributed by atoms with E-state index in [4.69, 9.17) is 33.2 Å². The molecule has 0 saturated heterocycles. The van der Waals surface area contributed by atoms with E-state index in [1.165, 1.54) is 0 Å². The van der Waals surface area contributed by atoms with Gasteiger partial charge in [-0.2, -0.15) is 10.4 Å². The van der Waals surface area contributed by atoms with Gasteiger partial charge < -0.3 is 10.1 Å². The number of hydrogen-bond acceptors (Lipinski definition) is 4. The number of para-hydroxylation sites is 1. The quantitative estimate of drug-likeness (QED) is 0.674. The summed E-state index contributed by atoms with van der Waals surface area (Å²) >= 11 is 12.1. The van der Waals surface area contributed by atoms with E-state index < -0.39 is 0 Å². The summed E-state index contributed by atoms with van der Waals surface area (Å²) in [7, 11) is 0. The summed E-state index contributed by atoms with van der Waals surface area (Å²) in [5, 5.41) is 17.0. The molecule has 0 saturated carbocycles. The Hall–Kier alpha value is -3.01. The third-order valence-corrected chi connectivity index (χ3v) is 4.27. The zero-order valence-corrected chi connectivity index (χ0v) is 15.5. The van der Waals surface area contributed by atoms with Gasteiger partial charge >= 0.3 is 0 Å². The number of nitrogens with one attached hydrogen (secondary N) is 1. The predicted molar refractivity (Wildman–Crippen MR) is 103 cm³/mol. The van der Waals surface area contributed by atoms with E-state index in [0.717, 1.165) is 5.56 Å². The first kappa shape index (κ1) is 18.8. The third-order valence-electron chi connectivity index (χ3n) is 3.69. The van der Waals surface area contributed by atoms with E-state index in [2.05, 4.69) is 10.4 Å². The van der Waals surface area contributed by atoms with Crippen molar-refractivity contribution in [1.29, 1.82) is 5.26 Å². The van der Waals surface area contributed by atoms with Crippen LogP contribution in [0.2, 0.25) is 10.0 Å². The van der Waals surface area contributed by atoms with E-state index >= 15 is 0 Å². The lowest BCUT2D eigenvalue weighted by Crippen LogP contribution is -2.22. The SMILES string of the molecule is N#Cc1ccccc1OCC(=O)Nc1ccnn1Cc1ccc(Cl)cc1Cl. The lowest BCUT2D eigenvalue weighted by Gasteiger charge is -2.11. The lowest BCUT2D eigenvalue weighted by atomic mass is 10.2. The van der Waals surface area contributed by atoms with Gasteiger partial charge in [0.05, 0.1) is 18.3 Å². The van der Waals surface area contributed by atoms with Crippen LogP contribution >= 0.6 is 23.2 Å². The molecule has 0 aliphatic carbocycles.